The molecule has 0 fully saturated rings. The molecule has 0 saturated carbocycles. The maximum Gasteiger partial charge on any atom is 0.231 e. The fourth-order valence-corrected chi connectivity index (χ4v) is 2.49. The van der Waals surface area contributed by atoms with Crippen molar-refractivity contribution < 1.29 is 9.47 Å². The van der Waals surface area contributed by atoms with E-state index in [2.05, 4.69) is 50.4 Å². The van der Waals surface area contributed by atoms with E-state index in [1.807, 2.05) is 18.2 Å². The Balaban J connectivity index is 1.72. The molecule has 1 N–H and O–H groups in total. The minimum atomic E-state index is 0.242. The van der Waals surface area contributed by atoms with Crippen LogP contribution in [0.25, 0.3) is 0 Å². The summed E-state index contributed by atoms with van der Waals surface area (Å²) in [6.07, 6.45) is 0. The minimum absolute atomic E-state index is 0.242. The molecule has 1 aliphatic heterocycles. The van der Waals surface area contributed by atoms with Crippen LogP contribution in [0.5, 0.6) is 11.5 Å². The molecular formula is C18H21NO2. The average molecular weight is 283 g/mol. The molecule has 21 heavy (non-hydrogen) atoms. The van der Waals surface area contributed by atoms with E-state index in [-0.39, 0.29) is 6.04 Å². The molecule has 2 aromatic carbocycles. The number of hydrogen-bond donors (Lipinski definition) is 1. The van der Waals surface area contributed by atoms with Crippen molar-refractivity contribution >= 4 is 5.69 Å². The molecule has 1 aliphatic rings. The molecule has 1 heterocycles. The number of nitrogens with one attached hydrogen (secondary N) is 1. The van der Waals surface area contributed by atoms with Crippen molar-refractivity contribution in [3.8, 4) is 11.5 Å². The van der Waals surface area contributed by atoms with Crippen LogP contribution in [0.1, 0.15) is 43.9 Å². The van der Waals surface area contributed by atoms with Crippen molar-refractivity contribution in [3.63, 3.8) is 0 Å². The van der Waals surface area contributed by atoms with Crippen LogP contribution < -0.4 is 14.8 Å². The van der Waals surface area contributed by atoms with Gasteiger partial charge in [0.15, 0.2) is 11.5 Å². The Morgan fingerprint density at radius 1 is 0.857 bits per heavy atom. The van der Waals surface area contributed by atoms with Crippen molar-refractivity contribution in [1.82, 2.24) is 0 Å². The molecule has 0 spiro atoms. The number of hydrogen-bond acceptors (Lipinski definition) is 3. The Kier molecular flexibility index (Phi) is 3.74. The van der Waals surface area contributed by atoms with Gasteiger partial charge in [0, 0.05) is 17.8 Å². The van der Waals surface area contributed by atoms with Gasteiger partial charge in [0.2, 0.25) is 6.79 Å². The van der Waals surface area contributed by atoms with Crippen LogP contribution in [-0.4, -0.2) is 6.79 Å². The molecule has 3 heteroatoms. The molecule has 0 saturated heterocycles. The van der Waals surface area contributed by atoms with E-state index < -0.39 is 0 Å². The monoisotopic (exact) mass is 283 g/mol. The van der Waals surface area contributed by atoms with Gasteiger partial charge in [-0.25, -0.2) is 0 Å². The molecule has 0 aromatic heterocycles. The highest BCUT2D eigenvalue weighted by molar-refractivity contribution is 5.56. The summed E-state index contributed by atoms with van der Waals surface area (Å²) < 4.78 is 10.7. The third kappa shape index (κ3) is 2.97. The van der Waals surface area contributed by atoms with Crippen LogP contribution in [0.3, 0.4) is 0 Å². The Morgan fingerprint density at radius 2 is 1.52 bits per heavy atom. The SMILES string of the molecule is CC(C)c1ccc(C(C)Nc2ccc3c(c2)OCO3)cc1. The van der Waals surface area contributed by atoms with Gasteiger partial charge in [0.1, 0.15) is 0 Å². The van der Waals surface area contributed by atoms with E-state index in [1.54, 1.807) is 0 Å². The summed E-state index contributed by atoms with van der Waals surface area (Å²) in [5.74, 6) is 2.19. The van der Waals surface area contributed by atoms with Gasteiger partial charge in [-0.2, -0.15) is 0 Å². The van der Waals surface area contributed by atoms with Crippen molar-refractivity contribution in [2.45, 2.75) is 32.7 Å². The fourth-order valence-electron chi connectivity index (χ4n) is 2.49. The second kappa shape index (κ2) is 5.68. The average Bonchev–Trinajstić information content (AvgIpc) is 2.95. The first kappa shape index (κ1) is 13.8. The molecule has 1 atom stereocenters. The lowest BCUT2D eigenvalue weighted by Gasteiger charge is -2.17. The second-order valence-electron chi connectivity index (χ2n) is 5.76. The summed E-state index contributed by atoms with van der Waals surface area (Å²) in [5.41, 5.74) is 3.69. The van der Waals surface area contributed by atoms with E-state index in [0.717, 1.165) is 17.2 Å². The van der Waals surface area contributed by atoms with E-state index >= 15 is 0 Å². The first-order valence-electron chi connectivity index (χ1n) is 7.39. The van der Waals surface area contributed by atoms with E-state index in [1.165, 1.54) is 11.1 Å². The van der Waals surface area contributed by atoms with Crippen LogP contribution in [0.2, 0.25) is 0 Å². The largest absolute Gasteiger partial charge is 0.454 e. The van der Waals surface area contributed by atoms with Crippen LogP contribution in [0, 0.1) is 0 Å². The lowest BCUT2D eigenvalue weighted by Crippen LogP contribution is -2.06. The van der Waals surface area contributed by atoms with Crippen molar-refractivity contribution in [2.75, 3.05) is 12.1 Å². The summed E-state index contributed by atoms with van der Waals surface area (Å²) >= 11 is 0. The molecule has 1 unspecified atom stereocenters. The second-order valence-corrected chi connectivity index (χ2v) is 5.76. The molecule has 0 bridgehead atoms. The molecule has 0 radical (unpaired) electrons. The van der Waals surface area contributed by atoms with Crippen molar-refractivity contribution in [3.05, 3.63) is 53.6 Å². The van der Waals surface area contributed by atoms with Gasteiger partial charge >= 0.3 is 0 Å². The highest BCUT2D eigenvalue weighted by Gasteiger charge is 2.14. The summed E-state index contributed by atoms with van der Waals surface area (Å²) in [6, 6.07) is 15.0. The lowest BCUT2D eigenvalue weighted by atomic mass is 9.99. The summed E-state index contributed by atoms with van der Waals surface area (Å²) in [4.78, 5) is 0. The number of fused-ring (bicyclic) bond motifs is 1. The van der Waals surface area contributed by atoms with Gasteiger partial charge in [-0.05, 0) is 36.1 Å². The fraction of sp³-hybridized carbons (Fsp3) is 0.333. The number of benzene rings is 2. The predicted octanol–water partition coefficient (Wildman–Crippen LogP) is 4.71. The molecule has 2 aromatic rings. The highest BCUT2D eigenvalue weighted by atomic mass is 16.7. The third-order valence-corrected chi connectivity index (χ3v) is 3.86. The Bertz CT molecular complexity index is 620. The smallest absolute Gasteiger partial charge is 0.231 e. The first-order chi connectivity index (χ1) is 10.1. The topological polar surface area (TPSA) is 30.5 Å². The Hall–Kier alpha value is -2.16. The van der Waals surface area contributed by atoms with Crippen molar-refractivity contribution in [2.24, 2.45) is 0 Å². The summed E-state index contributed by atoms with van der Waals surface area (Å²) in [6.45, 7) is 6.90. The maximum absolute atomic E-state index is 5.41. The van der Waals surface area contributed by atoms with Crippen LogP contribution in [0.4, 0.5) is 5.69 Å². The predicted molar refractivity (Wildman–Crippen MR) is 85.1 cm³/mol. The number of rotatable bonds is 4. The first-order valence-corrected chi connectivity index (χ1v) is 7.39. The van der Waals surface area contributed by atoms with Gasteiger partial charge in [-0.3, -0.25) is 0 Å². The van der Waals surface area contributed by atoms with Gasteiger partial charge in [-0.15, -0.1) is 0 Å². The highest BCUT2D eigenvalue weighted by Crippen LogP contribution is 2.35. The Labute approximate surface area is 125 Å². The van der Waals surface area contributed by atoms with Crippen LogP contribution in [-0.2, 0) is 0 Å². The normalized spacial score (nSPS) is 14.3. The minimum Gasteiger partial charge on any atom is -0.454 e. The number of anilines is 1. The molecule has 0 aliphatic carbocycles. The Morgan fingerprint density at radius 3 is 2.24 bits per heavy atom. The third-order valence-electron chi connectivity index (χ3n) is 3.86. The molecular weight excluding hydrogens is 262 g/mol. The molecule has 0 amide bonds. The van der Waals surface area contributed by atoms with Crippen LogP contribution in [0.15, 0.2) is 42.5 Å². The van der Waals surface area contributed by atoms with E-state index in [4.69, 9.17) is 9.47 Å². The van der Waals surface area contributed by atoms with Gasteiger partial charge in [0.05, 0.1) is 0 Å². The van der Waals surface area contributed by atoms with Crippen molar-refractivity contribution in [1.29, 1.82) is 0 Å². The van der Waals surface area contributed by atoms with Gasteiger partial charge < -0.3 is 14.8 Å². The van der Waals surface area contributed by atoms with E-state index in [0.29, 0.717) is 12.7 Å². The molecule has 3 nitrogen and oxygen atoms in total. The number of ether oxygens (including phenoxy) is 2. The maximum atomic E-state index is 5.41. The zero-order valence-electron chi connectivity index (χ0n) is 12.7. The molecule has 3 rings (SSSR count). The lowest BCUT2D eigenvalue weighted by molar-refractivity contribution is 0.174. The summed E-state index contributed by atoms with van der Waals surface area (Å²) in [5, 5.41) is 3.50. The van der Waals surface area contributed by atoms with E-state index in [9.17, 15) is 0 Å². The quantitative estimate of drug-likeness (QED) is 0.881. The zero-order valence-corrected chi connectivity index (χ0v) is 12.7. The summed E-state index contributed by atoms with van der Waals surface area (Å²) in [7, 11) is 0. The molecule has 110 valence electrons. The van der Waals surface area contributed by atoms with Gasteiger partial charge in [0.25, 0.3) is 0 Å². The van der Waals surface area contributed by atoms with Crippen LogP contribution >= 0.6 is 0 Å². The standard InChI is InChI=1S/C18H21NO2/c1-12(2)14-4-6-15(7-5-14)13(3)19-16-8-9-17-18(10-16)21-11-20-17/h4-10,12-13,19H,11H2,1-3H3. The van der Waals surface area contributed by atoms with Gasteiger partial charge in [-0.1, -0.05) is 38.1 Å². The zero-order chi connectivity index (χ0) is 14.8.